The average molecular weight is 333 g/mol. The summed E-state index contributed by atoms with van der Waals surface area (Å²) in [4.78, 5) is 21.7. The number of hydrogen-bond donors (Lipinski definition) is 1. The zero-order valence-electron chi connectivity index (χ0n) is 15.1. The van der Waals surface area contributed by atoms with Crippen molar-refractivity contribution in [1.82, 2.24) is 24.7 Å². The van der Waals surface area contributed by atoms with Crippen molar-refractivity contribution >= 4 is 5.91 Å². The number of imidazole rings is 1. The van der Waals surface area contributed by atoms with Crippen LogP contribution >= 0.6 is 0 Å². The predicted molar refractivity (Wildman–Crippen MR) is 94.8 cm³/mol. The van der Waals surface area contributed by atoms with E-state index in [0.29, 0.717) is 12.6 Å². The lowest BCUT2D eigenvalue weighted by atomic mass is 9.93. The normalized spacial score (nSPS) is 24.2. The summed E-state index contributed by atoms with van der Waals surface area (Å²) in [6.07, 6.45) is 8.42. The number of carbonyl (C=O) groups excluding carboxylic acids is 1. The Kier molecular flexibility index (Phi) is 5.89. The molecule has 1 atom stereocenters. The maximum Gasteiger partial charge on any atom is 0.224 e. The Morgan fingerprint density at radius 3 is 2.79 bits per heavy atom. The number of likely N-dealkylation sites (tertiary alicyclic amines) is 2. The smallest absolute Gasteiger partial charge is 0.224 e. The van der Waals surface area contributed by atoms with E-state index < -0.39 is 0 Å². The van der Waals surface area contributed by atoms with E-state index in [0.717, 1.165) is 38.3 Å². The topological polar surface area (TPSA) is 53.4 Å². The van der Waals surface area contributed by atoms with Crippen LogP contribution in [0.2, 0.25) is 0 Å². The molecule has 0 spiro atoms. The van der Waals surface area contributed by atoms with Crippen molar-refractivity contribution in [2.24, 2.45) is 5.92 Å². The number of carbonyl (C=O) groups is 1. The third-order valence-electron chi connectivity index (χ3n) is 5.60. The first-order chi connectivity index (χ1) is 11.6. The van der Waals surface area contributed by atoms with Gasteiger partial charge in [0.2, 0.25) is 5.91 Å². The summed E-state index contributed by atoms with van der Waals surface area (Å²) in [5.74, 6) is 1.38. The fraction of sp³-hybridized carbons (Fsp3) is 0.778. The summed E-state index contributed by atoms with van der Waals surface area (Å²) < 4.78 is 2.08. The second-order valence-electron chi connectivity index (χ2n) is 7.33. The molecule has 2 fully saturated rings. The quantitative estimate of drug-likeness (QED) is 0.877. The molecule has 134 valence electrons. The molecule has 2 saturated heterocycles. The largest absolute Gasteiger partial charge is 0.354 e. The zero-order chi connectivity index (χ0) is 16.9. The molecule has 0 aliphatic carbocycles. The molecule has 2 aliphatic rings. The fourth-order valence-electron chi connectivity index (χ4n) is 4.00. The summed E-state index contributed by atoms with van der Waals surface area (Å²) in [7, 11) is 2.20. The minimum absolute atomic E-state index is 0.155. The van der Waals surface area contributed by atoms with Crippen molar-refractivity contribution in [2.75, 3.05) is 39.8 Å². The van der Waals surface area contributed by atoms with Crippen LogP contribution < -0.4 is 5.32 Å². The Morgan fingerprint density at radius 1 is 1.29 bits per heavy atom. The Bertz CT molecular complexity index is 535. The van der Waals surface area contributed by atoms with Crippen LogP contribution in [0, 0.1) is 12.8 Å². The summed E-state index contributed by atoms with van der Waals surface area (Å²) in [6.45, 7) is 7.92. The Labute approximate surface area is 145 Å². The third kappa shape index (κ3) is 4.36. The molecule has 1 N–H and O–H groups in total. The number of hydrogen-bond acceptors (Lipinski definition) is 4. The summed E-state index contributed by atoms with van der Waals surface area (Å²) in [5.41, 5.74) is 0. The Morgan fingerprint density at radius 2 is 2.08 bits per heavy atom. The highest BCUT2D eigenvalue weighted by atomic mass is 16.1. The second kappa shape index (κ2) is 8.12. The molecule has 0 bridgehead atoms. The molecule has 6 heteroatoms. The molecule has 1 amide bonds. The predicted octanol–water partition coefficient (Wildman–Crippen LogP) is 1.11. The second-order valence-corrected chi connectivity index (χ2v) is 7.33. The summed E-state index contributed by atoms with van der Waals surface area (Å²) in [5, 5.41) is 3.13. The maximum absolute atomic E-state index is 12.5. The molecule has 0 aromatic carbocycles. The van der Waals surface area contributed by atoms with Crippen LogP contribution in [-0.4, -0.2) is 71.1 Å². The van der Waals surface area contributed by atoms with Crippen molar-refractivity contribution in [1.29, 1.82) is 0 Å². The van der Waals surface area contributed by atoms with E-state index in [2.05, 4.69) is 31.7 Å². The number of amides is 1. The van der Waals surface area contributed by atoms with Gasteiger partial charge < -0.3 is 14.8 Å². The van der Waals surface area contributed by atoms with Gasteiger partial charge in [0.25, 0.3) is 0 Å². The molecular formula is C18H31N5O. The Hall–Kier alpha value is -1.40. The third-order valence-corrected chi connectivity index (χ3v) is 5.60. The summed E-state index contributed by atoms with van der Waals surface area (Å²) >= 11 is 0. The first kappa shape index (κ1) is 17.4. The van der Waals surface area contributed by atoms with Gasteiger partial charge in [-0.3, -0.25) is 9.69 Å². The van der Waals surface area contributed by atoms with Gasteiger partial charge in [-0.05, 0) is 59.3 Å². The summed E-state index contributed by atoms with van der Waals surface area (Å²) in [6, 6.07) is 0.672. The first-order valence-corrected chi connectivity index (χ1v) is 9.31. The van der Waals surface area contributed by atoms with E-state index in [1.54, 1.807) is 6.20 Å². The van der Waals surface area contributed by atoms with Crippen molar-refractivity contribution in [3.63, 3.8) is 0 Å². The van der Waals surface area contributed by atoms with E-state index >= 15 is 0 Å². The van der Waals surface area contributed by atoms with Crippen molar-refractivity contribution < 1.29 is 4.79 Å². The standard InChI is InChI=1S/C18H31N5O/c1-15-19-7-12-22(15)13-8-20-18(24)16-4-3-9-23(14-16)17-5-10-21(2)11-6-17/h7,12,16-17H,3-6,8-11,13-14H2,1-2H3,(H,20,24)/t16-/m0/s1. The first-order valence-electron chi connectivity index (χ1n) is 9.31. The maximum atomic E-state index is 12.5. The number of nitrogens with zero attached hydrogens (tertiary/aromatic N) is 4. The Balaban J connectivity index is 1.44. The van der Waals surface area contributed by atoms with E-state index in [1.165, 1.54) is 25.9 Å². The van der Waals surface area contributed by atoms with Gasteiger partial charge in [0.15, 0.2) is 0 Å². The van der Waals surface area contributed by atoms with Crippen LogP contribution in [-0.2, 0) is 11.3 Å². The number of piperidine rings is 2. The van der Waals surface area contributed by atoms with E-state index in [1.807, 2.05) is 13.1 Å². The molecule has 24 heavy (non-hydrogen) atoms. The van der Waals surface area contributed by atoms with Crippen LogP contribution in [0.5, 0.6) is 0 Å². The van der Waals surface area contributed by atoms with E-state index in [4.69, 9.17) is 0 Å². The van der Waals surface area contributed by atoms with Crippen molar-refractivity contribution in [2.45, 2.75) is 45.2 Å². The highest BCUT2D eigenvalue weighted by molar-refractivity contribution is 5.78. The minimum atomic E-state index is 0.155. The number of nitrogens with one attached hydrogen (secondary N) is 1. The van der Waals surface area contributed by atoms with Crippen LogP contribution in [0.4, 0.5) is 0 Å². The number of aryl methyl sites for hydroxylation is 1. The van der Waals surface area contributed by atoms with Gasteiger partial charge in [0.05, 0.1) is 5.92 Å². The number of rotatable bonds is 5. The minimum Gasteiger partial charge on any atom is -0.354 e. The van der Waals surface area contributed by atoms with E-state index in [-0.39, 0.29) is 11.8 Å². The monoisotopic (exact) mass is 333 g/mol. The molecule has 0 radical (unpaired) electrons. The molecule has 6 nitrogen and oxygen atoms in total. The van der Waals surface area contributed by atoms with Gasteiger partial charge in [0, 0.05) is 38.1 Å². The zero-order valence-corrected chi connectivity index (χ0v) is 15.1. The molecule has 0 unspecified atom stereocenters. The van der Waals surface area contributed by atoms with Crippen molar-refractivity contribution in [3.8, 4) is 0 Å². The molecule has 3 heterocycles. The van der Waals surface area contributed by atoms with Crippen LogP contribution in [0.25, 0.3) is 0 Å². The average Bonchev–Trinajstić information content (AvgIpc) is 3.01. The lowest BCUT2D eigenvalue weighted by Crippen LogP contribution is -2.50. The van der Waals surface area contributed by atoms with Gasteiger partial charge in [-0.2, -0.15) is 0 Å². The fourth-order valence-corrected chi connectivity index (χ4v) is 4.00. The van der Waals surface area contributed by atoms with Gasteiger partial charge in [-0.25, -0.2) is 4.98 Å². The molecule has 1 aromatic heterocycles. The number of aromatic nitrogens is 2. The van der Waals surface area contributed by atoms with Crippen LogP contribution in [0.1, 0.15) is 31.5 Å². The molecule has 1 aromatic rings. The van der Waals surface area contributed by atoms with Gasteiger partial charge >= 0.3 is 0 Å². The highest BCUT2D eigenvalue weighted by Crippen LogP contribution is 2.23. The molecule has 2 aliphatic heterocycles. The highest BCUT2D eigenvalue weighted by Gasteiger charge is 2.30. The van der Waals surface area contributed by atoms with Crippen molar-refractivity contribution in [3.05, 3.63) is 18.2 Å². The van der Waals surface area contributed by atoms with Crippen LogP contribution in [0.3, 0.4) is 0 Å². The van der Waals surface area contributed by atoms with Crippen LogP contribution in [0.15, 0.2) is 12.4 Å². The van der Waals surface area contributed by atoms with Gasteiger partial charge in [0.1, 0.15) is 5.82 Å². The SMILES string of the molecule is Cc1nccn1CCNC(=O)[C@H]1CCCN(C2CCN(C)CC2)C1. The lowest BCUT2D eigenvalue weighted by Gasteiger charge is -2.41. The van der Waals surface area contributed by atoms with Gasteiger partial charge in [-0.15, -0.1) is 0 Å². The van der Waals surface area contributed by atoms with E-state index in [9.17, 15) is 4.79 Å². The molecular weight excluding hydrogens is 302 g/mol. The lowest BCUT2D eigenvalue weighted by molar-refractivity contribution is -0.127. The van der Waals surface area contributed by atoms with Gasteiger partial charge in [-0.1, -0.05) is 0 Å². The molecule has 3 rings (SSSR count). The molecule has 0 saturated carbocycles.